The number of aromatic amines is 1. The lowest BCUT2D eigenvalue weighted by molar-refractivity contribution is 0.431. The van der Waals surface area contributed by atoms with Crippen LogP contribution in [0.1, 0.15) is 86.5 Å². The Labute approximate surface area is 180 Å². The zero-order valence-corrected chi connectivity index (χ0v) is 19.4. The van der Waals surface area contributed by atoms with Gasteiger partial charge in [0.25, 0.3) is 0 Å². The molecular weight excluding hydrogens is 372 g/mol. The van der Waals surface area contributed by atoms with E-state index >= 15 is 0 Å². The summed E-state index contributed by atoms with van der Waals surface area (Å²) in [7, 11) is 0. The summed E-state index contributed by atoms with van der Waals surface area (Å²) in [6.07, 6.45) is 3.40. The third-order valence-electron chi connectivity index (χ3n) is 5.64. The van der Waals surface area contributed by atoms with Crippen LogP contribution in [0.3, 0.4) is 0 Å². The molecule has 1 aromatic heterocycles. The minimum atomic E-state index is -0.366. The summed E-state index contributed by atoms with van der Waals surface area (Å²) in [6, 6.07) is 8.10. The summed E-state index contributed by atoms with van der Waals surface area (Å²) in [5, 5.41) is 22.7. The topological polar surface area (TPSA) is 69.1 Å². The number of phenols is 2. The van der Waals surface area contributed by atoms with E-state index in [2.05, 4.69) is 51.5 Å². The van der Waals surface area contributed by atoms with Gasteiger partial charge in [0.2, 0.25) is 0 Å². The van der Waals surface area contributed by atoms with Crippen LogP contribution in [0.4, 0.5) is 0 Å². The third kappa shape index (κ3) is 4.09. The van der Waals surface area contributed by atoms with E-state index in [0.29, 0.717) is 0 Å². The summed E-state index contributed by atoms with van der Waals surface area (Å²) in [5.41, 5.74) is 5.87. The zero-order valence-electron chi connectivity index (χ0n) is 19.4. The molecule has 3 N–H and O–H groups in total. The van der Waals surface area contributed by atoms with Crippen molar-refractivity contribution in [3.8, 4) is 11.5 Å². The number of hydrogen-bond donors (Lipinski definition) is 3. The number of aryl methyl sites for hydroxylation is 2. The molecule has 0 aliphatic heterocycles. The predicted octanol–water partition coefficient (Wildman–Crippen LogP) is 6.21. The molecule has 0 saturated carbocycles. The van der Waals surface area contributed by atoms with Gasteiger partial charge >= 0.3 is 0 Å². The smallest absolute Gasteiger partial charge is 0.123 e. The number of imidazole rings is 1. The molecule has 4 nitrogen and oxygen atoms in total. The molecule has 0 unspecified atom stereocenters. The molecule has 0 fully saturated rings. The van der Waals surface area contributed by atoms with Gasteiger partial charge in [0.05, 0.1) is 12.2 Å². The van der Waals surface area contributed by atoms with Crippen LogP contribution < -0.4 is 0 Å². The minimum Gasteiger partial charge on any atom is -0.507 e. The highest BCUT2D eigenvalue weighted by Crippen LogP contribution is 2.46. The number of benzene rings is 2. The Hall–Kier alpha value is -2.75. The highest BCUT2D eigenvalue weighted by Gasteiger charge is 2.31. The van der Waals surface area contributed by atoms with Gasteiger partial charge in [-0.15, -0.1) is 0 Å². The molecule has 0 spiro atoms. The molecule has 0 aliphatic carbocycles. The maximum absolute atomic E-state index is 11.4. The van der Waals surface area contributed by atoms with E-state index in [1.807, 2.05) is 38.1 Å². The van der Waals surface area contributed by atoms with Crippen molar-refractivity contribution >= 4 is 0 Å². The molecule has 0 amide bonds. The van der Waals surface area contributed by atoms with Crippen LogP contribution in [0.25, 0.3) is 0 Å². The molecule has 1 heterocycles. The van der Waals surface area contributed by atoms with Crippen molar-refractivity contribution in [1.29, 1.82) is 0 Å². The van der Waals surface area contributed by atoms with E-state index in [1.165, 1.54) is 0 Å². The van der Waals surface area contributed by atoms with Gasteiger partial charge in [-0.1, -0.05) is 76.9 Å². The Morgan fingerprint density at radius 3 is 1.53 bits per heavy atom. The summed E-state index contributed by atoms with van der Waals surface area (Å²) in [5.74, 6) is 0.173. The summed E-state index contributed by atoms with van der Waals surface area (Å²) in [4.78, 5) is 7.43. The van der Waals surface area contributed by atoms with Crippen LogP contribution in [-0.4, -0.2) is 20.2 Å². The van der Waals surface area contributed by atoms with Crippen LogP contribution >= 0.6 is 0 Å². The normalized spacial score (nSPS) is 12.6. The first kappa shape index (κ1) is 21.9. The van der Waals surface area contributed by atoms with Gasteiger partial charge < -0.3 is 15.2 Å². The van der Waals surface area contributed by atoms with Gasteiger partial charge in [0.15, 0.2) is 0 Å². The Morgan fingerprint density at radius 1 is 0.767 bits per heavy atom. The number of hydrogen-bond acceptors (Lipinski definition) is 3. The highest BCUT2D eigenvalue weighted by atomic mass is 16.3. The van der Waals surface area contributed by atoms with Gasteiger partial charge in [-0.05, 0) is 35.8 Å². The first-order valence-electron chi connectivity index (χ1n) is 10.5. The molecule has 0 radical (unpaired) electrons. The number of H-pyrrole nitrogens is 1. The fourth-order valence-electron chi connectivity index (χ4n) is 4.12. The summed E-state index contributed by atoms with van der Waals surface area (Å²) in [6.45, 7) is 16.7. The van der Waals surface area contributed by atoms with Crippen LogP contribution in [0, 0.1) is 13.8 Å². The third-order valence-corrected chi connectivity index (χ3v) is 5.64. The average molecular weight is 407 g/mol. The standard InChI is InChI=1S/C26H34N2O2/c1-15-9-17(23(29)19(11-15)25(3,4)5)22(21-13-27-14-28-21)18-10-16(2)12-20(24(18)30)26(6,7)8/h9-14,22,29-30H,1-8H3,(H,27,28). The van der Waals surface area contributed by atoms with Crippen LogP contribution in [-0.2, 0) is 10.8 Å². The summed E-state index contributed by atoms with van der Waals surface area (Å²) < 4.78 is 0. The largest absolute Gasteiger partial charge is 0.507 e. The quantitative estimate of drug-likeness (QED) is 0.484. The number of phenolic OH excluding ortho intramolecular Hbond substituents is 2. The number of aromatic nitrogens is 2. The monoisotopic (exact) mass is 406 g/mol. The fourth-order valence-corrected chi connectivity index (χ4v) is 4.12. The van der Waals surface area contributed by atoms with Crippen LogP contribution in [0.2, 0.25) is 0 Å². The van der Waals surface area contributed by atoms with E-state index in [0.717, 1.165) is 39.1 Å². The second-order valence-corrected chi connectivity index (χ2v) is 10.4. The van der Waals surface area contributed by atoms with Gasteiger partial charge in [0.1, 0.15) is 11.5 Å². The van der Waals surface area contributed by atoms with E-state index < -0.39 is 0 Å². The Kier molecular flexibility index (Phi) is 5.48. The van der Waals surface area contributed by atoms with E-state index in [-0.39, 0.29) is 28.2 Å². The second kappa shape index (κ2) is 7.50. The molecular formula is C26H34N2O2. The van der Waals surface area contributed by atoms with Gasteiger partial charge in [-0.3, -0.25) is 0 Å². The maximum atomic E-state index is 11.4. The van der Waals surface area contributed by atoms with Crippen molar-refractivity contribution in [2.24, 2.45) is 0 Å². The minimum absolute atomic E-state index is 0.214. The first-order valence-corrected chi connectivity index (χ1v) is 10.5. The van der Waals surface area contributed by atoms with Gasteiger partial charge in [0, 0.05) is 23.0 Å². The van der Waals surface area contributed by atoms with E-state index in [4.69, 9.17) is 0 Å². The van der Waals surface area contributed by atoms with Crippen LogP contribution in [0.15, 0.2) is 36.8 Å². The predicted molar refractivity (Wildman–Crippen MR) is 123 cm³/mol. The van der Waals surface area contributed by atoms with Crippen molar-refractivity contribution in [3.63, 3.8) is 0 Å². The highest BCUT2D eigenvalue weighted by molar-refractivity contribution is 5.58. The molecule has 0 bridgehead atoms. The number of rotatable bonds is 3. The van der Waals surface area contributed by atoms with E-state index in [1.54, 1.807) is 12.5 Å². The molecule has 160 valence electrons. The molecule has 0 atom stereocenters. The molecule has 3 aromatic rings. The van der Waals surface area contributed by atoms with Crippen molar-refractivity contribution in [2.75, 3.05) is 0 Å². The SMILES string of the molecule is Cc1cc(C(c2cnc[nH]2)c2cc(C)cc(C(C)(C)C)c2O)c(O)c(C(C)(C)C)c1. The fraction of sp³-hybridized carbons (Fsp3) is 0.423. The maximum Gasteiger partial charge on any atom is 0.123 e. The lowest BCUT2D eigenvalue weighted by Crippen LogP contribution is -2.16. The Balaban J connectivity index is 2.37. The molecule has 2 aromatic carbocycles. The molecule has 0 saturated heterocycles. The number of nitrogens with one attached hydrogen (secondary N) is 1. The van der Waals surface area contributed by atoms with Crippen LogP contribution in [0.5, 0.6) is 11.5 Å². The first-order chi connectivity index (χ1) is 13.8. The van der Waals surface area contributed by atoms with Crippen molar-refractivity contribution in [2.45, 2.75) is 72.1 Å². The van der Waals surface area contributed by atoms with Gasteiger partial charge in [-0.2, -0.15) is 0 Å². The lowest BCUT2D eigenvalue weighted by Gasteiger charge is -2.28. The zero-order chi connectivity index (χ0) is 22.4. The van der Waals surface area contributed by atoms with Crippen molar-refractivity contribution < 1.29 is 10.2 Å². The second-order valence-electron chi connectivity index (χ2n) is 10.4. The Bertz CT molecular complexity index is 983. The average Bonchev–Trinajstić information content (AvgIpc) is 3.12. The lowest BCUT2D eigenvalue weighted by atomic mass is 9.77. The molecule has 3 rings (SSSR count). The van der Waals surface area contributed by atoms with Crippen molar-refractivity contribution in [1.82, 2.24) is 9.97 Å². The van der Waals surface area contributed by atoms with Crippen molar-refractivity contribution in [3.05, 3.63) is 75.9 Å². The Morgan fingerprint density at radius 2 is 1.20 bits per heavy atom. The summed E-state index contributed by atoms with van der Waals surface area (Å²) >= 11 is 0. The molecule has 30 heavy (non-hydrogen) atoms. The number of aromatic hydroxyl groups is 2. The molecule has 4 heteroatoms. The van der Waals surface area contributed by atoms with E-state index in [9.17, 15) is 10.2 Å². The number of nitrogens with zero attached hydrogens (tertiary/aromatic N) is 1. The van der Waals surface area contributed by atoms with Gasteiger partial charge in [-0.25, -0.2) is 4.98 Å². The molecule has 0 aliphatic rings.